The van der Waals surface area contributed by atoms with Gasteiger partial charge >= 0.3 is 0 Å². The summed E-state index contributed by atoms with van der Waals surface area (Å²) in [5, 5.41) is 6.05. The largest absolute Gasteiger partial charge is 0.356 e. The first kappa shape index (κ1) is 13.6. The zero-order chi connectivity index (χ0) is 12.5. The van der Waals surface area contributed by atoms with Gasteiger partial charge in [-0.15, -0.1) is 0 Å². The zero-order valence-electron chi connectivity index (χ0n) is 10.4. The van der Waals surface area contributed by atoms with E-state index in [2.05, 4.69) is 34.4 Å². The maximum atomic E-state index is 11.4. The van der Waals surface area contributed by atoms with Crippen molar-refractivity contribution in [2.75, 3.05) is 13.1 Å². The first-order valence-electron chi connectivity index (χ1n) is 5.91. The van der Waals surface area contributed by atoms with Crippen LogP contribution in [0.1, 0.15) is 26.0 Å². The Kier molecular flexibility index (Phi) is 6.17. The molecule has 0 aliphatic rings. The number of nitrogens with zero attached hydrogens (tertiary/aromatic N) is 2. The second kappa shape index (κ2) is 7.73. The highest BCUT2D eigenvalue weighted by Crippen LogP contribution is 1.90. The Labute approximate surface area is 102 Å². The molecule has 2 N–H and O–H groups in total. The van der Waals surface area contributed by atoms with Crippen molar-refractivity contribution in [2.45, 2.75) is 26.8 Å². The Morgan fingerprint density at radius 1 is 1.47 bits per heavy atom. The minimum Gasteiger partial charge on any atom is -0.356 e. The zero-order valence-corrected chi connectivity index (χ0v) is 10.4. The highest BCUT2D eigenvalue weighted by atomic mass is 16.1. The molecule has 1 aromatic rings. The van der Waals surface area contributed by atoms with E-state index in [0.717, 1.165) is 12.2 Å². The number of rotatable bonds is 7. The number of carbonyl (C=O) groups is 1. The van der Waals surface area contributed by atoms with Crippen LogP contribution in [0.5, 0.6) is 0 Å². The van der Waals surface area contributed by atoms with Gasteiger partial charge in [-0.1, -0.05) is 13.8 Å². The molecule has 0 bridgehead atoms. The average Bonchev–Trinajstić information content (AvgIpc) is 2.33. The van der Waals surface area contributed by atoms with Crippen molar-refractivity contribution in [3.05, 3.63) is 24.3 Å². The lowest BCUT2D eigenvalue weighted by Crippen LogP contribution is -2.30. The molecule has 1 amide bonds. The molecular formula is C12H20N4O. The molecule has 0 aromatic carbocycles. The number of hydrogen-bond acceptors (Lipinski definition) is 4. The fraction of sp³-hybridized carbons (Fsp3) is 0.583. The molecule has 0 atom stereocenters. The molecular weight excluding hydrogens is 216 g/mol. The fourth-order valence-electron chi connectivity index (χ4n) is 1.25. The summed E-state index contributed by atoms with van der Waals surface area (Å²) < 4.78 is 0. The predicted molar refractivity (Wildman–Crippen MR) is 66.2 cm³/mol. The Bertz CT molecular complexity index is 327. The van der Waals surface area contributed by atoms with Crippen molar-refractivity contribution in [3.63, 3.8) is 0 Å². The number of carbonyl (C=O) groups excluding carboxylic acids is 1. The quantitative estimate of drug-likeness (QED) is 0.685. The summed E-state index contributed by atoms with van der Waals surface area (Å²) in [4.78, 5) is 19.3. The molecule has 0 unspecified atom stereocenters. The fourth-order valence-corrected chi connectivity index (χ4v) is 1.25. The molecule has 5 heteroatoms. The molecule has 0 aliphatic heterocycles. The molecule has 1 rings (SSSR count). The highest BCUT2D eigenvalue weighted by Gasteiger charge is 2.01. The standard InChI is InChI=1S/C12H20N4O/c1-10(2)7-15-12(17)4-6-13-8-11-3-5-14-9-16-11/h3,5,9-10,13H,4,6-8H2,1-2H3,(H,15,17). The van der Waals surface area contributed by atoms with E-state index < -0.39 is 0 Å². The minimum absolute atomic E-state index is 0.0916. The molecule has 17 heavy (non-hydrogen) atoms. The third-order valence-electron chi connectivity index (χ3n) is 2.19. The van der Waals surface area contributed by atoms with Crippen molar-refractivity contribution in [3.8, 4) is 0 Å². The van der Waals surface area contributed by atoms with Crippen LogP contribution in [0.25, 0.3) is 0 Å². The van der Waals surface area contributed by atoms with Crippen LogP contribution in [0.2, 0.25) is 0 Å². The molecule has 0 radical (unpaired) electrons. The predicted octanol–water partition coefficient (Wildman–Crippen LogP) is 0.728. The second-order valence-electron chi connectivity index (χ2n) is 4.33. The van der Waals surface area contributed by atoms with E-state index in [-0.39, 0.29) is 5.91 Å². The van der Waals surface area contributed by atoms with E-state index in [4.69, 9.17) is 0 Å². The summed E-state index contributed by atoms with van der Waals surface area (Å²) in [5.74, 6) is 0.585. The molecule has 0 aliphatic carbocycles. The van der Waals surface area contributed by atoms with E-state index in [1.165, 1.54) is 6.33 Å². The molecule has 1 aromatic heterocycles. The highest BCUT2D eigenvalue weighted by molar-refractivity contribution is 5.76. The van der Waals surface area contributed by atoms with Gasteiger partial charge in [-0.3, -0.25) is 4.79 Å². The van der Waals surface area contributed by atoms with Gasteiger partial charge in [-0.2, -0.15) is 0 Å². The summed E-state index contributed by atoms with van der Waals surface area (Å²) in [6.45, 7) is 6.22. The molecule has 0 fully saturated rings. The molecule has 94 valence electrons. The van der Waals surface area contributed by atoms with E-state index in [9.17, 15) is 4.79 Å². The van der Waals surface area contributed by atoms with E-state index in [1.54, 1.807) is 6.20 Å². The topological polar surface area (TPSA) is 66.9 Å². The van der Waals surface area contributed by atoms with Crippen LogP contribution in [-0.4, -0.2) is 29.0 Å². The van der Waals surface area contributed by atoms with E-state index in [0.29, 0.717) is 25.4 Å². The lowest BCUT2D eigenvalue weighted by Gasteiger charge is -2.08. The smallest absolute Gasteiger partial charge is 0.221 e. The van der Waals surface area contributed by atoms with Crippen LogP contribution in [-0.2, 0) is 11.3 Å². The van der Waals surface area contributed by atoms with Crippen molar-refractivity contribution in [1.29, 1.82) is 0 Å². The summed E-state index contributed by atoms with van der Waals surface area (Å²) in [6, 6.07) is 1.85. The SMILES string of the molecule is CC(C)CNC(=O)CCNCc1ccncn1. The first-order chi connectivity index (χ1) is 8.18. The number of amides is 1. The van der Waals surface area contributed by atoms with Gasteiger partial charge in [0, 0.05) is 32.3 Å². The van der Waals surface area contributed by atoms with Gasteiger partial charge in [-0.25, -0.2) is 9.97 Å². The summed E-state index contributed by atoms with van der Waals surface area (Å²) >= 11 is 0. The van der Waals surface area contributed by atoms with Crippen LogP contribution in [0.4, 0.5) is 0 Å². The lowest BCUT2D eigenvalue weighted by atomic mass is 10.2. The normalized spacial score (nSPS) is 10.5. The van der Waals surface area contributed by atoms with E-state index in [1.807, 2.05) is 6.07 Å². The summed E-state index contributed by atoms with van der Waals surface area (Å²) in [5.41, 5.74) is 0.933. The average molecular weight is 236 g/mol. The van der Waals surface area contributed by atoms with Crippen LogP contribution in [0.15, 0.2) is 18.6 Å². The minimum atomic E-state index is 0.0916. The summed E-state index contributed by atoms with van der Waals surface area (Å²) in [7, 11) is 0. The van der Waals surface area contributed by atoms with Crippen molar-refractivity contribution in [1.82, 2.24) is 20.6 Å². The van der Waals surface area contributed by atoms with Crippen LogP contribution in [0.3, 0.4) is 0 Å². The maximum absolute atomic E-state index is 11.4. The second-order valence-corrected chi connectivity index (χ2v) is 4.33. The van der Waals surface area contributed by atoms with Crippen LogP contribution < -0.4 is 10.6 Å². The third-order valence-corrected chi connectivity index (χ3v) is 2.19. The van der Waals surface area contributed by atoms with Gasteiger partial charge in [0.15, 0.2) is 0 Å². The molecule has 5 nitrogen and oxygen atoms in total. The van der Waals surface area contributed by atoms with Crippen LogP contribution >= 0.6 is 0 Å². The molecule has 0 saturated heterocycles. The Morgan fingerprint density at radius 3 is 2.94 bits per heavy atom. The maximum Gasteiger partial charge on any atom is 0.221 e. The third kappa shape index (κ3) is 6.63. The van der Waals surface area contributed by atoms with Gasteiger partial charge in [0.05, 0.1) is 5.69 Å². The molecule has 0 saturated carbocycles. The lowest BCUT2D eigenvalue weighted by molar-refractivity contribution is -0.121. The van der Waals surface area contributed by atoms with Gasteiger partial charge < -0.3 is 10.6 Å². The summed E-state index contributed by atoms with van der Waals surface area (Å²) in [6.07, 6.45) is 3.73. The molecule has 1 heterocycles. The van der Waals surface area contributed by atoms with Crippen LogP contribution in [0, 0.1) is 5.92 Å². The number of nitrogens with one attached hydrogen (secondary N) is 2. The Hall–Kier alpha value is -1.49. The van der Waals surface area contributed by atoms with Crippen molar-refractivity contribution in [2.24, 2.45) is 5.92 Å². The van der Waals surface area contributed by atoms with Crippen molar-refractivity contribution >= 4 is 5.91 Å². The number of hydrogen-bond donors (Lipinski definition) is 2. The van der Waals surface area contributed by atoms with E-state index >= 15 is 0 Å². The van der Waals surface area contributed by atoms with Gasteiger partial charge in [0.25, 0.3) is 0 Å². The Balaban J connectivity index is 2.06. The van der Waals surface area contributed by atoms with Gasteiger partial charge in [-0.05, 0) is 12.0 Å². The Morgan fingerprint density at radius 2 is 2.29 bits per heavy atom. The van der Waals surface area contributed by atoms with Gasteiger partial charge in [0.1, 0.15) is 6.33 Å². The first-order valence-corrected chi connectivity index (χ1v) is 5.91. The molecule has 0 spiro atoms. The monoisotopic (exact) mass is 236 g/mol. The van der Waals surface area contributed by atoms with Crippen molar-refractivity contribution < 1.29 is 4.79 Å². The number of aromatic nitrogens is 2. The van der Waals surface area contributed by atoms with Gasteiger partial charge in [0.2, 0.25) is 5.91 Å².